The van der Waals surface area contributed by atoms with Gasteiger partial charge in [0.05, 0.1) is 0 Å². The van der Waals surface area contributed by atoms with E-state index in [2.05, 4.69) is 18.8 Å². The van der Waals surface area contributed by atoms with E-state index in [4.69, 9.17) is 5.11 Å². The fourth-order valence-electron chi connectivity index (χ4n) is 1.49. The van der Waals surface area contributed by atoms with Gasteiger partial charge in [0.2, 0.25) is 0 Å². The van der Waals surface area contributed by atoms with Crippen LogP contribution in [-0.4, -0.2) is 28.6 Å². The van der Waals surface area contributed by atoms with Crippen LogP contribution in [0.5, 0.6) is 0 Å². The molecule has 0 saturated carbocycles. The van der Waals surface area contributed by atoms with Crippen LogP contribution in [-0.2, 0) is 0 Å². The van der Waals surface area contributed by atoms with Gasteiger partial charge in [-0.15, -0.1) is 0 Å². The molecule has 1 N–H and O–H groups in total. The predicted molar refractivity (Wildman–Crippen MR) is 59.4 cm³/mol. The van der Waals surface area contributed by atoms with E-state index in [1.54, 1.807) is 6.07 Å². The molecule has 1 aromatic rings. The standard InChI is InChI=1S/C11H16N2O2/c1-4-13(8(2)3)10-7-5-6-9(12-10)11(14)15/h5-8H,4H2,1-3H3,(H,14,15). The van der Waals surface area contributed by atoms with E-state index in [1.165, 1.54) is 6.07 Å². The zero-order chi connectivity index (χ0) is 11.4. The third kappa shape index (κ3) is 2.68. The summed E-state index contributed by atoms with van der Waals surface area (Å²) in [5.41, 5.74) is 0.0894. The van der Waals surface area contributed by atoms with Crippen molar-refractivity contribution in [1.29, 1.82) is 0 Å². The van der Waals surface area contributed by atoms with E-state index in [0.717, 1.165) is 6.54 Å². The van der Waals surface area contributed by atoms with Gasteiger partial charge in [-0.3, -0.25) is 0 Å². The number of carboxylic acid groups (broad SMARTS) is 1. The predicted octanol–water partition coefficient (Wildman–Crippen LogP) is 2.01. The van der Waals surface area contributed by atoms with Crippen LogP contribution in [0.15, 0.2) is 18.2 Å². The number of hydrogen-bond donors (Lipinski definition) is 1. The van der Waals surface area contributed by atoms with Crippen LogP contribution in [0.1, 0.15) is 31.3 Å². The molecule has 0 unspecified atom stereocenters. The molecule has 0 aliphatic heterocycles. The van der Waals surface area contributed by atoms with Crippen molar-refractivity contribution >= 4 is 11.8 Å². The van der Waals surface area contributed by atoms with Gasteiger partial charge in [-0.2, -0.15) is 0 Å². The highest BCUT2D eigenvalue weighted by atomic mass is 16.4. The van der Waals surface area contributed by atoms with Crippen LogP contribution in [0, 0.1) is 0 Å². The first kappa shape index (κ1) is 11.5. The highest BCUT2D eigenvalue weighted by Crippen LogP contribution is 2.14. The SMILES string of the molecule is CCN(c1cccc(C(=O)O)n1)C(C)C. The average molecular weight is 208 g/mol. The highest BCUT2D eigenvalue weighted by Gasteiger charge is 2.12. The minimum absolute atomic E-state index is 0.0894. The Morgan fingerprint density at radius 1 is 1.53 bits per heavy atom. The van der Waals surface area contributed by atoms with Gasteiger partial charge in [-0.05, 0) is 32.9 Å². The van der Waals surface area contributed by atoms with Crippen LogP contribution >= 0.6 is 0 Å². The van der Waals surface area contributed by atoms with Gasteiger partial charge in [0.25, 0.3) is 0 Å². The van der Waals surface area contributed by atoms with Crippen molar-refractivity contribution in [3.8, 4) is 0 Å². The first-order valence-corrected chi connectivity index (χ1v) is 5.03. The molecular formula is C11H16N2O2. The fraction of sp³-hybridized carbons (Fsp3) is 0.455. The van der Waals surface area contributed by atoms with Crippen molar-refractivity contribution in [2.24, 2.45) is 0 Å². The largest absolute Gasteiger partial charge is 0.477 e. The Hall–Kier alpha value is -1.58. The second-order valence-corrected chi connectivity index (χ2v) is 3.57. The topological polar surface area (TPSA) is 53.4 Å². The third-order valence-electron chi connectivity index (χ3n) is 2.21. The highest BCUT2D eigenvalue weighted by molar-refractivity contribution is 5.85. The Balaban J connectivity index is 3.03. The average Bonchev–Trinajstić information content (AvgIpc) is 2.18. The second-order valence-electron chi connectivity index (χ2n) is 3.57. The van der Waals surface area contributed by atoms with E-state index in [-0.39, 0.29) is 5.69 Å². The molecule has 82 valence electrons. The van der Waals surface area contributed by atoms with Gasteiger partial charge in [0.15, 0.2) is 5.69 Å². The van der Waals surface area contributed by atoms with E-state index < -0.39 is 5.97 Å². The Labute approximate surface area is 89.6 Å². The minimum atomic E-state index is -0.989. The molecule has 1 rings (SSSR count). The summed E-state index contributed by atoms with van der Waals surface area (Å²) in [6.45, 7) is 6.94. The molecule has 1 heterocycles. The number of anilines is 1. The lowest BCUT2D eigenvalue weighted by atomic mass is 10.3. The third-order valence-corrected chi connectivity index (χ3v) is 2.21. The Bertz CT molecular complexity index is 350. The molecule has 0 atom stereocenters. The first-order chi connectivity index (χ1) is 7.06. The van der Waals surface area contributed by atoms with E-state index in [1.807, 2.05) is 17.9 Å². The maximum Gasteiger partial charge on any atom is 0.354 e. The maximum absolute atomic E-state index is 10.8. The molecule has 0 bridgehead atoms. The van der Waals surface area contributed by atoms with Gasteiger partial charge < -0.3 is 10.0 Å². The number of hydrogen-bond acceptors (Lipinski definition) is 3. The van der Waals surface area contributed by atoms with Gasteiger partial charge in [-0.25, -0.2) is 9.78 Å². The number of aromatic nitrogens is 1. The molecule has 0 aliphatic rings. The van der Waals surface area contributed by atoms with Crippen LogP contribution in [0.25, 0.3) is 0 Å². The van der Waals surface area contributed by atoms with Crippen molar-refractivity contribution < 1.29 is 9.90 Å². The summed E-state index contributed by atoms with van der Waals surface area (Å²) in [6.07, 6.45) is 0. The second kappa shape index (κ2) is 4.77. The van der Waals surface area contributed by atoms with Gasteiger partial charge >= 0.3 is 5.97 Å². The molecule has 0 spiro atoms. The summed E-state index contributed by atoms with van der Waals surface area (Å²) >= 11 is 0. The number of carbonyl (C=O) groups is 1. The zero-order valence-electron chi connectivity index (χ0n) is 9.27. The maximum atomic E-state index is 10.8. The van der Waals surface area contributed by atoms with Crippen molar-refractivity contribution in [1.82, 2.24) is 4.98 Å². The molecule has 0 aromatic carbocycles. The molecule has 0 saturated heterocycles. The number of carboxylic acids is 1. The van der Waals surface area contributed by atoms with Crippen molar-refractivity contribution in [3.05, 3.63) is 23.9 Å². The summed E-state index contributed by atoms with van der Waals surface area (Å²) in [7, 11) is 0. The molecule has 0 aliphatic carbocycles. The summed E-state index contributed by atoms with van der Waals surface area (Å²) in [6, 6.07) is 5.36. The van der Waals surface area contributed by atoms with E-state index in [0.29, 0.717) is 11.9 Å². The van der Waals surface area contributed by atoms with Crippen molar-refractivity contribution in [3.63, 3.8) is 0 Å². The fourth-order valence-corrected chi connectivity index (χ4v) is 1.49. The Morgan fingerprint density at radius 2 is 2.20 bits per heavy atom. The lowest BCUT2D eigenvalue weighted by Crippen LogP contribution is -2.31. The summed E-state index contributed by atoms with van der Waals surface area (Å²) in [5.74, 6) is -0.274. The summed E-state index contributed by atoms with van der Waals surface area (Å²) < 4.78 is 0. The van der Waals surface area contributed by atoms with Gasteiger partial charge in [0.1, 0.15) is 5.82 Å². The molecular weight excluding hydrogens is 192 g/mol. The number of nitrogens with zero attached hydrogens (tertiary/aromatic N) is 2. The first-order valence-electron chi connectivity index (χ1n) is 5.03. The number of aromatic carboxylic acids is 1. The van der Waals surface area contributed by atoms with Crippen LogP contribution in [0.2, 0.25) is 0 Å². The molecule has 4 heteroatoms. The molecule has 0 amide bonds. The normalized spacial score (nSPS) is 10.4. The van der Waals surface area contributed by atoms with E-state index >= 15 is 0 Å². The quantitative estimate of drug-likeness (QED) is 0.822. The lowest BCUT2D eigenvalue weighted by Gasteiger charge is -2.26. The van der Waals surface area contributed by atoms with Crippen molar-refractivity contribution in [2.75, 3.05) is 11.4 Å². The van der Waals surface area contributed by atoms with Crippen LogP contribution < -0.4 is 4.90 Å². The molecule has 1 aromatic heterocycles. The zero-order valence-corrected chi connectivity index (χ0v) is 9.27. The minimum Gasteiger partial charge on any atom is -0.477 e. The summed E-state index contributed by atoms with van der Waals surface area (Å²) in [5, 5.41) is 8.82. The molecule has 0 radical (unpaired) electrons. The van der Waals surface area contributed by atoms with Crippen LogP contribution in [0.3, 0.4) is 0 Å². The Morgan fingerprint density at radius 3 is 2.67 bits per heavy atom. The number of rotatable bonds is 4. The van der Waals surface area contributed by atoms with Gasteiger partial charge in [0, 0.05) is 12.6 Å². The van der Waals surface area contributed by atoms with Gasteiger partial charge in [-0.1, -0.05) is 6.07 Å². The Kier molecular flexibility index (Phi) is 3.66. The lowest BCUT2D eigenvalue weighted by molar-refractivity contribution is 0.0690. The monoisotopic (exact) mass is 208 g/mol. The van der Waals surface area contributed by atoms with Crippen molar-refractivity contribution in [2.45, 2.75) is 26.8 Å². The number of pyridine rings is 1. The summed E-state index contributed by atoms with van der Waals surface area (Å²) in [4.78, 5) is 16.9. The molecule has 0 fully saturated rings. The molecule has 4 nitrogen and oxygen atoms in total. The molecule has 15 heavy (non-hydrogen) atoms. The van der Waals surface area contributed by atoms with Crippen LogP contribution in [0.4, 0.5) is 5.82 Å². The van der Waals surface area contributed by atoms with E-state index in [9.17, 15) is 4.79 Å². The smallest absolute Gasteiger partial charge is 0.354 e.